The number of rotatable bonds is 3. The van der Waals surface area contributed by atoms with Gasteiger partial charge < -0.3 is 0 Å². The molecule has 8 heavy (non-hydrogen) atoms. The minimum absolute atomic E-state index is 1.31. The van der Waals surface area contributed by atoms with Crippen molar-refractivity contribution in [1.29, 1.82) is 0 Å². The topological polar surface area (TPSA) is 0 Å². The van der Waals surface area contributed by atoms with Gasteiger partial charge in [-0.2, -0.15) is 0 Å². The van der Waals surface area contributed by atoms with Gasteiger partial charge in [-0.25, -0.2) is 0 Å². The Kier molecular flexibility index (Phi) is 4.44. The third-order valence-corrected chi connectivity index (χ3v) is 18.6. The normalized spacial score (nSPS) is 12.0. The summed E-state index contributed by atoms with van der Waals surface area (Å²) in [6.45, 7) is 6.92. The van der Waals surface area contributed by atoms with Crippen molar-refractivity contribution in [3.63, 3.8) is 0 Å². The van der Waals surface area contributed by atoms with Gasteiger partial charge in [-0.05, 0) is 0 Å². The Bertz CT molecular complexity index is 51.3. The number of hydrogen-bond acceptors (Lipinski definition) is 0. The molecule has 0 atom stereocenters. The molecule has 0 aliphatic carbocycles. The van der Waals surface area contributed by atoms with Gasteiger partial charge >= 0.3 is 62.0 Å². The van der Waals surface area contributed by atoms with E-state index in [1.807, 2.05) is 0 Å². The van der Waals surface area contributed by atoms with Gasteiger partial charge in [-0.1, -0.05) is 0 Å². The predicted octanol–water partition coefficient (Wildman–Crippen LogP) is 3.39. The van der Waals surface area contributed by atoms with E-state index >= 15 is 0 Å². The van der Waals surface area contributed by atoms with Gasteiger partial charge in [0.1, 0.15) is 0 Å². The molecule has 0 fully saturated rings. The van der Waals surface area contributed by atoms with E-state index in [1.165, 1.54) is 15.8 Å². The average Bonchev–Trinajstić information content (AvgIpc) is 1.87. The van der Waals surface area contributed by atoms with Gasteiger partial charge in [0.2, 0.25) is 0 Å². The summed E-state index contributed by atoms with van der Waals surface area (Å²) in [5.74, 6) is 0. The van der Waals surface area contributed by atoms with Crippen LogP contribution in [-0.4, -0.2) is 11.4 Å². The molecule has 0 aromatic heterocycles. The van der Waals surface area contributed by atoms with Gasteiger partial charge in [0.05, 0.1) is 0 Å². The monoisotopic (exact) mass is 240 g/mol. The zero-order chi connectivity index (χ0) is 6.62. The quantitative estimate of drug-likeness (QED) is 0.663. The molecular weight excluding hydrogens is 225 g/mol. The van der Waals surface area contributed by atoms with E-state index in [2.05, 4.69) is 34.8 Å². The van der Waals surface area contributed by atoms with Gasteiger partial charge in [-0.3, -0.25) is 0 Å². The summed E-state index contributed by atoms with van der Waals surface area (Å²) in [4.78, 5) is 0. The third-order valence-electron chi connectivity index (χ3n) is 1.90. The van der Waals surface area contributed by atoms with E-state index in [4.69, 9.17) is 0 Å². The fourth-order valence-corrected chi connectivity index (χ4v) is 3.90. The Morgan fingerprint density at radius 2 is 1.25 bits per heavy atom. The van der Waals surface area contributed by atoms with Crippen LogP contribution in [0.4, 0.5) is 0 Å². The van der Waals surface area contributed by atoms with Crippen molar-refractivity contribution in [1.82, 2.24) is 0 Å². The SMILES string of the molecule is C[CH2][Ge]([Br])([CH2]C)[CH2]C. The fraction of sp³-hybridized carbons (Fsp3) is 1.00. The Morgan fingerprint density at radius 3 is 1.25 bits per heavy atom. The maximum atomic E-state index is 3.87. The van der Waals surface area contributed by atoms with Crippen LogP contribution in [0.25, 0.3) is 0 Å². The van der Waals surface area contributed by atoms with E-state index in [-0.39, 0.29) is 0 Å². The molecule has 0 aromatic rings. The summed E-state index contributed by atoms with van der Waals surface area (Å²) in [6, 6.07) is 0. The van der Waals surface area contributed by atoms with E-state index in [9.17, 15) is 0 Å². The van der Waals surface area contributed by atoms with E-state index in [1.54, 1.807) is 0 Å². The van der Waals surface area contributed by atoms with Gasteiger partial charge in [-0.15, -0.1) is 0 Å². The number of hydrogen-bond donors (Lipinski definition) is 0. The second kappa shape index (κ2) is 3.94. The second-order valence-electron chi connectivity index (χ2n) is 2.21. The first kappa shape index (κ1) is 9.02. The molecule has 0 unspecified atom stereocenters. The zero-order valence-corrected chi connectivity index (χ0v) is 9.68. The molecule has 0 rings (SSSR count). The molecule has 0 bridgehead atoms. The van der Waals surface area contributed by atoms with E-state index < -0.39 is 11.4 Å². The van der Waals surface area contributed by atoms with Crippen LogP contribution < -0.4 is 0 Å². The molecule has 0 spiro atoms. The van der Waals surface area contributed by atoms with Crippen LogP contribution in [0, 0.1) is 0 Å². The maximum absolute atomic E-state index is 3.87. The molecule has 0 aliphatic rings. The summed E-state index contributed by atoms with van der Waals surface area (Å²) < 4.78 is 0. The van der Waals surface area contributed by atoms with Crippen molar-refractivity contribution in [3.05, 3.63) is 0 Å². The molecule has 50 valence electrons. The van der Waals surface area contributed by atoms with Crippen molar-refractivity contribution in [2.75, 3.05) is 0 Å². The first-order valence-corrected chi connectivity index (χ1v) is 12.7. The van der Waals surface area contributed by atoms with Crippen molar-refractivity contribution < 1.29 is 0 Å². The van der Waals surface area contributed by atoms with Crippen LogP contribution in [0.5, 0.6) is 0 Å². The minimum atomic E-state index is -1.31. The Balaban J connectivity index is 3.58. The van der Waals surface area contributed by atoms with Crippen LogP contribution in [-0.2, 0) is 0 Å². The molecule has 0 aliphatic heterocycles. The predicted molar refractivity (Wildman–Crippen MR) is 46.1 cm³/mol. The average molecular weight is 240 g/mol. The standard InChI is InChI=1S/C6H15BrGe/c1-4-8(7,5-2)6-3/h4-6H2,1-3H3. The van der Waals surface area contributed by atoms with Crippen molar-refractivity contribution in [2.45, 2.75) is 36.5 Å². The second-order valence-corrected chi connectivity index (χ2v) is 20.2. The first-order chi connectivity index (χ1) is 3.68. The molecule has 0 saturated carbocycles. The Morgan fingerprint density at radius 1 is 1.00 bits per heavy atom. The molecular formula is C6H15BrGe. The van der Waals surface area contributed by atoms with Crippen molar-refractivity contribution in [2.24, 2.45) is 0 Å². The molecule has 0 N–H and O–H groups in total. The van der Waals surface area contributed by atoms with Crippen LogP contribution in [0.2, 0.25) is 15.8 Å². The zero-order valence-electron chi connectivity index (χ0n) is 6.00. The summed E-state index contributed by atoms with van der Waals surface area (Å²) in [7, 11) is 0. The molecule has 0 saturated heterocycles. The summed E-state index contributed by atoms with van der Waals surface area (Å²) in [5.41, 5.74) is 0. The summed E-state index contributed by atoms with van der Waals surface area (Å²) >= 11 is 2.56. The van der Waals surface area contributed by atoms with Gasteiger partial charge in [0.15, 0.2) is 0 Å². The van der Waals surface area contributed by atoms with E-state index in [0.717, 1.165) is 0 Å². The third kappa shape index (κ3) is 2.54. The fourth-order valence-electron chi connectivity index (χ4n) is 0.750. The molecule has 0 aromatic carbocycles. The molecule has 2 heteroatoms. The summed E-state index contributed by atoms with van der Waals surface area (Å²) in [5, 5.41) is 4.27. The van der Waals surface area contributed by atoms with Gasteiger partial charge in [0.25, 0.3) is 0 Å². The van der Waals surface area contributed by atoms with Gasteiger partial charge in [0, 0.05) is 0 Å². The molecule has 0 heterocycles. The first-order valence-electron chi connectivity index (χ1n) is 3.37. The molecule has 0 nitrogen and oxygen atoms in total. The van der Waals surface area contributed by atoms with Crippen LogP contribution in [0.15, 0.2) is 0 Å². The van der Waals surface area contributed by atoms with E-state index in [0.29, 0.717) is 0 Å². The molecule has 0 amide bonds. The summed E-state index contributed by atoms with van der Waals surface area (Å²) in [6.07, 6.45) is 0. The molecule has 0 radical (unpaired) electrons. The Labute approximate surface area is 62.0 Å². The van der Waals surface area contributed by atoms with Crippen LogP contribution >= 0.6 is 14.0 Å². The number of halogens is 1. The van der Waals surface area contributed by atoms with Crippen LogP contribution in [0.3, 0.4) is 0 Å². The van der Waals surface area contributed by atoms with Crippen LogP contribution in [0.1, 0.15) is 20.8 Å². The van der Waals surface area contributed by atoms with Crippen molar-refractivity contribution in [3.8, 4) is 0 Å². The Hall–Kier alpha value is 1.02. The van der Waals surface area contributed by atoms with Crippen molar-refractivity contribution >= 4 is 25.4 Å².